The summed E-state index contributed by atoms with van der Waals surface area (Å²) in [4.78, 5) is 0.290. The number of aliphatic hydroxyl groups excluding tert-OH is 1. The predicted molar refractivity (Wildman–Crippen MR) is 87.3 cm³/mol. The molecule has 0 unspecified atom stereocenters. The molecule has 0 aromatic heterocycles. The Kier molecular flexibility index (Phi) is 5.11. The van der Waals surface area contributed by atoms with E-state index in [2.05, 4.69) is 15.9 Å². The number of benzene rings is 2. The third kappa shape index (κ3) is 3.79. The van der Waals surface area contributed by atoms with Gasteiger partial charge in [-0.2, -0.15) is 0 Å². The van der Waals surface area contributed by atoms with Gasteiger partial charge in [-0.15, -0.1) is 0 Å². The van der Waals surface area contributed by atoms with E-state index in [4.69, 9.17) is 27.8 Å². The van der Waals surface area contributed by atoms with Gasteiger partial charge < -0.3 is 15.6 Å². The first-order valence-corrected chi connectivity index (χ1v) is 7.27. The Morgan fingerprint density at radius 2 is 1.90 bits per heavy atom. The summed E-state index contributed by atoms with van der Waals surface area (Å²) in [7, 11) is 0. The standard InChI is InChI=1S/C15H14BrNO2S/c16-11-3-6-14(13(9-11)15(17)20)19-12-4-1-10(2-5-12)7-8-18/h1-6,9,18H,7-8H2,(H2,17,20). The molecular weight excluding hydrogens is 338 g/mol. The Morgan fingerprint density at radius 1 is 1.20 bits per heavy atom. The zero-order valence-electron chi connectivity index (χ0n) is 10.7. The van der Waals surface area contributed by atoms with Crippen LogP contribution in [0.2, 0.25) is 0 Å². The molecule has 0 aliphatic heterocycles. The van der Waals surface area contributed by atoms with Gasteiger partial charge in [-0.1, -0.05) is 40.3 Å². The first-order chi connectivity index (χ1) is 9.60. The van der Waals surface area contributed by atoms with Crippen LogP contribution in [0.15, 0.2) is 46.9 Å². The molecule has 3 N–H and O–H groups in total. The van der Waals surface area contributed by atoms with E-state index in [0.717, 1.165) is 10.0 Å². The van der Waals surface area contributed by atoms with Crippen LogP contribution in [0, 0.1) is 0 Å². The second-order valence-corrected chi connectivity index (χ2v) is 5.58. The van der Waals surface area contributed by atoms with Crippen molar-refractivity contribution in [2.45, 2.75) is 6.42 Å². The van der Waals surface area contributed by atoms with Crippen molar-refractivity contribution in [2.75, 3.05) is 6.61 Å². The van der Waals surface area contributed by atoms with E-state index in [9.17, 15) is 0 Å². The van der Waals surface area contributed by atoms with Crippen LogP contribution in [0.3, 0.4) is 0 Å². The highest BCUT2D eigenvalue weighted by Crippen LogP contribution is 2.28. The monoisotopic (exact) mass is 351 g/mol. The quantitative estimate of drug-likeness (QED) is 0.810. The average molecular weight is 352 g/mol. The fraction of sp³-hybridized carbons (Fsp3) is 0.133. The Morgan fingerprint density at radius 3 is 2.50 bits per heavy atom. The van der Waals surface area contributed by atoms with Gasteiger partial charge in [-0.3, -0.25) is 0 Å². The number of ether oxygens (including phenoxy) is 1. The number of rotatable bonds is 5. The molecule has 0 aliphatic rings. The number of aliphatic hydroxyl groups is 1. The molecule has 0 bridgehead atoms. The van der Waals surface area contributed by atoms with Crippen LogP contribution < -0.4 is 10.5 Å². The van der Waals surface area contributed by atoms with Crippen LogP contribution in [0.5, 0.6) is 11.5 Å². The lowest BCUT2D eigenvalue weighted by Gasteiger charge is -2.11. The predicted octanol–water partition coefficient (Wildman–Crippen LogP) is 3.41. The van der Waals surface area contributed by atoms with Gasteiger partial charge in [-0.25, -0.2) is 0 Å². The molecule has 2 aromatic carbocycles. The highest BCUT2D eigenvalue weighted by molar-refractivity contribution is 9.10. The molecular formula is C15H14BrNO2S. The summed E-state index contributed by atoms with van der Waals surface area (Å²) < 4.78 is 6.70. The lowest BCUT2D eigenvalue weighted by molar-refractivity contribution is 0.299. The third-order valence-electron chi connectivity index (χ3n) is 2.76. The van der Waals surface area contributed by atoms with Crippen LogP contribution in [0.1, 0.15) is 11.1 Å². The Balaban J connectivity index is 2.23. The van der Waals surface area contributed by atoms with Gasteiger partial charge in [-0.05, 0) is 42.3 Å². The van der Waals surface area contributed by atoms with Crippen molar-refractivity contribution in [2.24, 2.45) is 5.73 Å². The Hall–Kier alpha value is -1.43. The molecule has 0 aliphatic carbocycles. The lowest BCUT2D eigenvalue weighted by Crippen LogP contribution is -2.10. The van der Waals surface area contributed by atoms with Crippen molar-refractivity contribution in [3.05, 3.63) is 58.1 Å². The maximum absolute atomic E-state index is 8.88. The van der Waals surface area contributed by atoms with Crippen LogP contribution in [-0.2, 0) is 6.42 Å². The fourth-order valence-electron chi connectivity index (χ4n) is 1.76. The number of halogens is 1. The minimum atomic E-state index is 0.137. The molecule has 20 heavy (non-hydrogen) atoms. The zero-order valence-corrected chi connectivity index (χ0v) is 13.1. The van der Waals surface area contributed by atoms with Crippen molar-refractivity contribution < 1.29 is 9.84 Å². The van der Waals surface area contributed by atoms with Crippen molar-refractivity contribution in [1.82, 2.24) is 0 Å². The van der Waals surface area contributed by atoms with E-state index in [1.807, 2.05) is 42.5 Å². The van der Waals surface area contributed by atoms with Crippen molar-refractivity contribution in [1.29, 1.82) is 0 Å². The summed E-state index contributed by atoms with van der Waals surface area (Å²) in [6.45, 7) is 0.137. The first kappa shape index (κ1) is 15.0. The molecule has 5 heteroatoms. The second-order valence-electron chi connectivity index (χ2n) is 4.22. The van der Waals surface area contributed by atoms with Gasteiger partial charge in [0, 0.05) is 11.1 Å². The molecule has 0 fully saturated rings. The molecule has 0 spiro atoms. The van der Waals surface area contributed by atoms with Crippen LogP contribution >= 0.6 is 28.1 Å². The van der Waals surface area contributed by atoms with E-state index >= 15 is 0 Å². The minimum Gasteiger partial charge on any atom is -0.457 e. The van der Waals surface area contributed by atoms with E-state index in [0.29, 0.717) is 28.5 Å². The lowest BCUT2D eigenvalue weighted by atomic mass is 10.1. The van der Waals surface area contributed by atoms with Gasteiger partial charge >= 0.3 is 0 Å². The summed E-state index contributed by atoms with van der Waals surface area (Å²) in [5, 5.41) is 8.88. The maximum Gasteiger partial charge on any atom is 0.137 e. The minimum absolute atomic E-state index is 0.137. The van der Waals surface area contributed by atoms with Crippen molar-refractivity contribution in [3.8, 4) is 11.5 Å². The Labute approximate surface area is 131 Å². The highest BCUT2D eigenvalue weighted by Gasteiger charge is 2.08. The molecule has 3 nitrogen and oxygen atoms in total. The van der Waals surface area contributed by atoms with Gasteiger partial charge in [0.05, 0.1) is 5.56 Å². The van der Waals surface area contributed by atoms with Crippen molar-refractivity contribution >= 4 is 33.1 Å². The van der Waals surface area contributed by atoms with Gasteiger partial charge in [0.1, 0.15) is 16.5 Å². The number of hydrogen-bond donors (Lipinski definition) is 2. The SMILES string of the molecule is NC(=S)c1cc(Br)ccc1Oc1ccc(CCO)cc1. The molecule has 104 valence electrons. The van der Waals surface area contributed by atoms with E-state index in [1.54, 1.807) is 0 Å². The normalized spacial score (nSPS) is 10.3. The summed E-state index contributed by atoms with van der Waals surface area (Å²) in [5.74, 6) is 1.32. The molecule has 0 saturated heterocycles. The molecule has 0 atom stereocenters. The second kappa shape index (κ2) is 6.83. The maximum atomic E-state index is 8.88. The number of thiocarbonyl (C=S) groups is 1. The first-order valence-electron chi connectivity index (χ1n) is 6.07. The summed E-state index contributed by atoms with van der Waals surface area (Å²) >= 11 is 8.41. The summed E-state index contributed by atoms with van der Waals surface area (Å²) in [6, 6.07) is 13.1. The average Bonchev–Trinajstić information content (AvgIpc) is 2.43. The smallest absolute Gasteiger partial charge is 0.137 e. The Bertz CT molecular complexity index is 614. The topological polar surface area (TPSA) is 55.5 Å². The number of nitrogens with two attached hydrogens (primary N) is 1. The van der Waals surface area contributed by atoms with Crippen LogP contribution in [0.25, 0.3) is 0 Å². The van der Waals surface area contributed by atoms with Gasteiger partial charge in [0.25, 0.3) is 0 Å². The largest absolute Gasteiger partial charge is 0.457 e. The summed E-state index contributed by atoms with van der Waals surface area (Å²) in [6.07, 6.45) is 0.636. The molecule has 0 amide bonds. The molecule has 2 aromatic rings. The van der Waals surface area contributed by atoms with E-state index in [1.165, 1.54) is 0 Å². The third-order valence-corrected chi connectivity index (χ3v) is 3.47. The fourth-order valence-corrected chi connectivity index (χ4v) is 2.28. The van der Waals surface area contributed by atoms with Gasteiger partial charge in [0.15, 0.2) is 0 Å². The van der Waals surface area contributed by atoms with Crippen molar-refractivity contribution in [3.63, 3.8) is 0 Å². The zero-order chi connectivity index (χ0) is 14.5. The van der Waals surface area contributed by atoms with Crippen LogP contribution in [0.4, 0.5) is 0 Å². The van der Waals surface area contributed by atoms with E-state index in [-0.39, 0.29) is 6.61 Å². The molecule has 0 saturated carbocycles. The molecule has 0 radical (unpaired) electrons. The van der Waals surface area contributed by atoms with E-state index < -0.39 is 0 Å². The molecule has 2 rings (SSSR count). The summed E-state index contributed by atoms with van der Waals surface area (Å²) in [5.41, 5.74) is 7.45. The van der Waals surface area contributed by atoms with Crippen LogP contribution in [-0.4, -0.2) is 16.7 Å². The van der Waals surface area contributed by atoms with Gasteiger partial charge in [0.2, 0.25) is 0 Å². The number of hydrogen-bond acceptors (Lipinski definition) is 3. The highest BCUT2D eigenvalue weighted by atomic mass is 79.9. The molecule has 0 heterocycles.